The van der Waals surface area contributed by atoms with Crippen molar-refractivity contribution in [2.45, 2.75) is 45.3 Å². The molecule has 2 fully saturated rings. The highest BCUT2D eigenvalue weighted by Gasteiger charge is 2.37. The van der Waals surface area contributed by atoms with Gasteiger partial charge in [0.05, 0.1) is 18.6 Å². The number of carbonyl (C=O) groups excluding carboxylic acids is 1. The second kappa shape index (κ2) is 5.36. The average Bonchev–Trinajstić information content (AvgIpc) is 2.28. The minimum absolute atomic E-state index is 0.0223. The van der Waals surface area contributed by atoms with E-state index >= 15 is 0 Å². The number of rotatable bonds is 1. The van der Waals surface area contributed by atoms with E-state index in [1.807, 2.05) is 11.8 Å². The molecule has 0 radical (unpaired) electrons. The van der Waals surface area contributed by atoms with Gasteiger partial charge in [0.15, 0.2) is 0 Å². The highest BCUT2D eigenvalue weighted by Crippen LogP contribution is 2.30. The van der Waals surface area contributed by atoms with E-state index in [0.717, 1.165) is 32.4 Å². The van der Waals surface area contributed by atoms with E-state index in [2.05, 4.69) is 6.92 Å². The molecule has 1 aliphatic heterocycles. The minimum Gasteiger partial charge on any atom is -0.375 e. The Morgan fingerprint density at radius 3 is 2.76 bits per heavy atom. The molecule has 1 aliphatic carbocycles. The molecule has 0 aromatic rings. The van der Waals surface area contributed by atoms with Crippen LogP contribution in [0.2, 0.25) is 0 Å². The maximum Gasteiger partial charge on any atom is 0.227 e. The highest BCUT2D eigenvalue weighted by atomic mass is 16.5. The van der Waals surface area contributed by atoms with Crippen LogP contribution in [0.15, 0.2) is 0 Å². The van der Waals surface area contributed by atoms with Gasteiger partial charge < -0.3 is 15.4 Å². The molecule has 0 aromatic carbocycles. The first kappa shape index (κ1) is 12.8. The number of carbonyl (C=O) groups is 1. The maximum absolute atomic E-state index is 12.5. The van der Waals surface area contributed by atoms with Gasteiger partial charge in [-0.05, 0) is 25.7 Å². The lowest BCUT2D eigenvalue weighted by Crippen LogP contribution is -2.53. The quantitative estimate of drug-likeness (QED) is 0.744. The van der Waals surface area contributed by atoms with Crippen molar-refractivity contribution >= 4 is 5.91 Å². The minimum atomic E-state index is 0.0223. The Balaban J connectivity index is 2.02. The van der Waals surface area contributed by atoms with Crippen LogP contribution in [0.5, 0.6) is 0 Å². The van der Waals surface area contributed by atoms with Crippen LogP contribution in [0.4, 0.5) is 0 Å². The van der Waals surface area contributed by atoms with Crippen molar-refractivity contribution < 1.29 is 9.53 Å². The Labute approximate surface area is 103 Å². The lowest BCUT2D eigenvalue weighted by Gasteiger charge is -2.39. The van der Waals surface area contributed by atoms with E-state index < -0.39 is 0 Å². The third-order valence-electron chi connectivity index (χ3n) is 4.11. The fourth-order valence-electron chi connectivity index (χ4n) is 3.11. The monoisotopic (exact) mass is 240 g/mol. The van der Waals surface area contributed by atoms with Gasteiger partial charge in [0.25, 0.3) is 0 Å². The van der Waals surface area contributed by atoms with Gasteiger partial charge >= 0.3 is 0 Å². The Hall–Kier alpha value is -0.610. The van der Waals surface area contributed by atoms with Crippen molar-refractivity contribution in [3.05, 3.63) is 0 Å². The summed E-state index contributed by atoms with van der Waals surface area (Å²) in [6.45, 7) is 6.27. The van der Waals surface area contributed by atoms with Gasteiger partial charge in [0.1, 0.15) is 0 Å². The van der Waals surface area contributed by atoms with Crippen molar-refractivity contribution in [1.29, 1.82) is 0 Å². The summed E-state index contributed by atoms with van der Waals surface area (Å²) in [5.74, 6) is 0.693. The van der Waals surface area contributed by atoms with E-state index in [1.165, 1.54) is 0 Å². The van der Waals surface area contributed by atoms with Crippen LogP contribution in [0, 0.1) is 11.8 Å². The van der Waals surface area contributed by atoms with Crippen molar-refractivity contribution in [1.82, 2.24) is 4.90 Å². The van der Waals surface area contributed by atoms with Crippen molar-refractivity contribution in [3.63, 3.8) is 0 Å². The van der Waals surface area contributed by atoms with E-state index in [-0.39, 0.29) is 24.0 Å². The molecular weight excluding hydrogens is 216 g/mol. The van der Waals surface area contributed by atoms with Crippen LogP contribution in [0.3, 0.4) is 0 Å². The summed E-state index contributed by atoms with van der Waals surface area (Å²) in [4.78, 5) is 14.5. The lowest BCUT2D eigenvalue weighted by atomic mass is 9.76. The first-order valence-electron chi connectivity index (χ1n) is 6.75. The Bertz CT molecular complexity index is 273. The molecule has 4 nitrogen and oxygen atoms in total. The first-order chi connectivity index (χ1) is 8.09. The molecule has 17 heavy (non-hydrogen) atoms. The number of hydrogen-bond acceptors (Lipinski definition) is 3. The van der Waals surface area contributed by atoms with Gasteiger partial charge in [-0.1, -0.05) is 13.3 Å². The zero-order valence-corrected chi connectivity index (χ0v) is 10.9. The molecular formula is C13H24N2O2. The lowest BCUT2D eigenvalue weighted by molar-refractivity contribution is -0.145. The molecule has 1 saturated carbocycles. The fourth-order valence-corrected chi connectivity index (χ4v) is 3.11. The molecule has 1 amide bonds. The normalized spacial score (nSPS) is 39.1. The second-order valence-electron chi connectivity index (χ2n) is 5.56. The van der Waals surface area contributed by atoms with E-state index in [0.29, 0.717) is 12.5 Å². The zero-order chi connectivity index (χ0) is 12.4. The zero-order valence-electron chi connectivity index (χ0n) is 10.9. The standard InChI is InChI=1S/C13H24N2O2/c1-9-4-3-5-11(14)12(9)13(16)15-6-7-17-10(2)8-15/h9-12H,3-8,14H2,1-2H3. The number of nitrogens with zero attached hydrogens (tertiary/aromatic N) is 1. The summed E-state index contributed by atoms with van der Waals surface area (Å²) in [6.07, 6.45) is 3.43. The molecule has 2 N–H and O–H groups in total. The number of hydrogen-bond donors (Lipinski definition) is 1. The predicted octanol–water partition coefficient (Wildman–Crippen LogP) is 0.997. The van der Waals surface area contributed by atoms with E-state index in [4.69, 9.17) is 10.5 Å². The maximum atomic E-state index is 12.5. The molecule has 4 atom stereocenters. The van der Waals surface area contributed by atoms with Crippen LogP contribution in [0.1, 0.15) is 33.1 Å². The molecule has 0 bridgehead atoms. The van der Waals surface area contributed by atoms with Crippen molar-refractivity contribution in [2.75, 3.05) is 19.7 Å². The first-order valence-corrected chi connectivity index (χ1v) is 6.75. The summed E-state index contributed by atoms with van der Waals surface area (Å²) in [6, 6.07) is 0.0457. The van der Waals surface area contributed by atoms with Crippen molar-refractivity contribution in [2.24, 2.45) is 17.6 Å². The summed E-state index contributed by atoms with van der Waals surface area (Å²) in [5.41, 5.74) is 6.13. The van der Waals surface area contributed by atoms with Gasteiger partial charge in [-0.3, -0.25) is 4.79 Å². The fraction of sp³-hybridized carbons (Fsp3) is 0.923. The highest BCUT2D eigenvalue weighted by molar-refractivity contribution is 5.80. The molecule has 1 saturated heterocycles. The largest absolute Gasteiger partial charge is 0.375 e. The number of morpholine rings is 1. The van der Waals surface area contributed by atoms with E-state index in [1.54, 1.807) is 0 Å². The van der Waals surface area contributed by atoms with Crippen molar-refractivity contribution in [3.8, 4) is 0 Å². The average molecular weight is 240 g/mol. The third kappa shape index (κ3) is 2.80. The van der Waals surface area contributed by atoms with Gasteiger partial charge in [0.2, 0.25) is 5.91 Å². The molecule has 2 aliphatic rings. The van der Waals surface area contributed by atoms with Crippen LogP contribution in [-0.4, -0.2) is 42.6 Å². The number of amides is 1. The molecule has 98 valence electrons. The Morgan fingerprint density at radius 2 is 2.12 bits per heavy atom. The molecule has 4 heteroatoms. The SMILES string of the molecule is CC1CN(C(=O)C2C(C)CCCC2N)CCO1. The van der Waals surface area contributed by atoms with Gasteiger partial charge in [-0.15, -0.1) is 0 Å². The third-order valence-corrected chi connectivity index (χ3v) is 4.11. The van der Waals surface area contributed by atoms with Crippen LogP contribution in [0.25, 0.3) is 0 Å². The Kier molecular flexibility index (Phi) is 4.05. The molecule has 2 rings (SSSR count). The van der Waals surface area contributed by atoms with Crippen LogP contribution in [-0.2, 0) is 9.53 Å². The molecule has 4 unspecified atom stereocenters. The number of ether oxygens (including phenoxy) is 1. The van der Waals surface area contributed by atoms with Gasteiger partial charge in [0, 0.05) is 19.1 Å². The second-order valence-corrected chi connectivity index (χ2v) is 5.56. The summed E-state index contributed by atoms with van der Waals surface area (Å²) in [7, 11) is 0. The van der Waals surface area contributed by atoms with Crippen LogP contribution >= 0.6 is 0 Å². The smallest absolute Gasteiger partial charge is 0.227 e. The predicted molar refractivity (Wildman–Crippen MR) is 66.5 cm³/mol. The summed E-state index contributed by atoms with van der Waals surface area (Å²) >= 11 is 0. The topological polar surface area (TPSA) is 55.6 Å². The van der Waals surface area contributed by atoms with E-state index in [9.17, 15) is 4.79 Å². The Morgan fingerprint density at radius 1 is 1.35 bits per heavy atom. The summed E-state index contributed by atoms with van der Waals surface area (Å²) in [5, 5.41) is 0. The van der Waals surface area contributed by atoms with Gasteiger partial charge in [-0.25, -0.2) is 0 Å². The molecule has 0 aromatic heterocycles. The summed E-state index contributed by atoms with van der Waals surface area (Å²) < 4.78 is 5.47. The number of nitrogens with two attached hydrogens (primary N) is 1. The molecule has 1 heterocycles. The van der Waals surface area contributed by atoms with Gasteiger partial charge in [-0.2, -0.15) is 0 Å². The molecule has 0 spiro atoms. The van der Waals surface area contributed by atoms with Crippen LogP contribution < -0.4 is 5.73 Å².